The molecule has 3 atom stereocenters. The van der Waals surface area contributed by atoms with Crippen LogP contribution in [0.5, 0.6) is 0 Å². The van der Waals surface area contributed by atoms with E-state index in [1.807, 2.05) is 66.3 Å². The van der Waals surface area contributed by atoms with Crippen LogP contribution in [0.4, 0.5) is 0 Å². The van der Waals surface area contributed by atoms with Crippen LogP contribution in [0.15, 0.2) is 101 Å². The van der Waals surface area contributed by atoms with Gasteiger partial charge in [0.2, 0.25) is 10.0 Å². The Morgan fingerprint density at radius 2 is 1.67 bits per heavy atom. The third-order valence-electron chi connectivity index (χ3n) is 6.56. The van der Waals surface area contributed by atoms with Crippen molar-refractivity contribution in [1.82, 2.24) is 14.3 Å². The Kier molecular flexibility index (Phi) is 8.81. The normalized spacial score (nSPS) is 19.7. The summed E-state index contributed by atoms with van der Waals surface area (Å²) in [7, 11) is -1.62. The van der Waals surface area contributed by atoms with Crippen molar-refractivity contribution < 1.29 is 23.0 Å². The van der Waals surface area contributed by atoms with Crippen LogP contribution in [0.3, 0.4) is 0 Å². The molecule has 4 aromatic rings. The number of aliphatic hydroxyl groups is 1. The van der Waals surface area contributed by atoms with E-state index in [1.54, 1.807) is 48.3 Å². The van der Waals surface area contributed by atoms with E-state index in [4.69, 9.17) is 9.47 Å². The number of ether oxygens (including phenoxy) is 2. The standard InChI is InChI=1S/C29H31N3O5S2/c1-32-16-15-30-29(32)38-20-25-17-27(23-11-9-22(19-33)10-12-23)37-28(36-25)24-13-7-21(8-14-24)18-31-39(34,35)26-5-3-2-4-6-26/h2-16,25,27-28,31,33H,17-20H2,1H3. The largest absolute Gasteiger partial charge is 0.392 e. The van der Waals surface area contributed by atoms with E-state index in [0.29, 0.717) is 6.42 Å². The molecule has 0 spiro atoms. The first-order valence-corrected chi connectivity index (χ1v) is 15.1. The molecule has 5 rings (SSSR count). The third kappa shape index (κ3) is 6.96. The monoisotopic (exact) mass is 565 g/mol. The molecule has 3 unspecified atom stereocenters. The first kappa shape index (κ1) is 27.6. The molecule has 1 aromatic heterocycles. The SMILES string of the molecule is Cn1ccnc1SCC1CC(c2ccc(CO)cc2)OC(c2ccc(CNS(=O)(=O)c3ccccc3)cc2)O1. The van der Waals surface area contributed by atoms with Crippen LogP contribution in [0, 0.1) is 0 Å². The maximum absolute atomic E-state index is 12.6. The average molecular weight is 566 g/mol. The lowest BCUT2D eigenvalue weighted by atomic mass is 10.0. The van der Waals surface area contributed by atoms with Gasteiger partial charge in [0.05, 0.1) is 23.7 Å². The third-order valence-corrected chi connectivity index (χ3v) is 9.17. The fourth-order valence-electron chi connectivity index (χ4n) is 4.34. The van der Waals surface area contributed by atoms with Crippen molar-refractivity contribution in [3.05, 3.63) is 114 Å². The first-order valence-electron chi connectivity index (χ1n) is 12.7. The van der Waals surface area contributed by atoms with Gasteiger partial charge in [-0.15, -0.1) is 0 Å². The fraction of sp³-hybridized carbons (Fsp3) is 0.276. The van der Waals surface area contributed by atoms with E-state index in [9.17, 15) is 13.5 Å². The second kappa shape index (κ2) is 12.5. The highest BCUT2D eigenvalue weighted by molar-refractivity contribution is 7.99. The summed E-state index contributed by atoms with van der Waals surface area (Å²) < 4.78 is 42.6. The van der Waals surface area contributed by atoms with Crippen LogP contribution in [0.25, 0.3) is 0 Å². The molecular weight excluding hydrogens is 534 g/mol. The zero-order chi connectivity index (χ0) is 27.2. The maximum atomic E-state index is 12.6. The van der Waals surface area contributed by atoms with Crippen molar-refractivity contribution in [3.63, 3.8) is 0 Å². The minimum Gasteiger partial charge on any atom is -0.392 e. The molecule has 0 amide bonds. The fourth-order valence-corrected chi connectivity index (χ4v) is 6.32. The summed E-state index contributed by atoms with van der Waals surface area (Å²) in [5.74, 6) is 0.718. The zero-order valence-corrected chi connectivity index (χ0v) is 23.1. The quantitative estimate of drug-likeness (QED) is 0.268. The number of nitrogens with zero attached hydrogens (tertiary/aromatic N) is 2. The summed E-state index contributed by atoms with van der Waals surface area (Å²) in [5, 5.41) is 10.3. The molecule has 8 nitrogen and oxygen atoms in total. The number of hydrogen-bond donors (Lipinski definition) is 2. The van der Waals surface area contributed by atoms with Gasteiger partial charge in [0.15, 0.2) is 11.4 Å². The van der Waals surface area contributed by atoms with Crippen molar-refractivity contribution in [3.8, 4) is 0 Å². The molecule has 1 saturated heterocycles. The van der Waals surface area contributed by atoms with Gasteiger partial charge in [-0.2, -0.15) is 0 Å². The van der Waals surface area contributed by atoms with E-state index in [0.717, 1.165) is 33.2 Å². The molecule has 1 aliphatic heterocycles. The summed E-state index contributed by atoms with van der Waals surface area (Å²) in [6, 6.07) is 23.7. The van der Waals surface area contributed by atoms with E-state index in [-0.39, 0.29) is 30.3 Å². The summed E-state index contributed by atoms with van der Waals surface area (Å²) in [6.45, 7) is 0.168. The molecule has 2 N–H and O–H groups in total. The van der Waals surface area contributed by atoms with Crippen LogP contribution in [-0.2, 0) is 39.7 Å². The van der Waals surface area contributed by atoms with Crippen LogP contribution < -0.4 is 4.72 Å². The van der Waals surface area contributed by atoms with Crippen molar-refractivity contribution in [2.75, 3.05) is 5.75 Å². The number of benzene rings is 3. The highest BCUT2D eigenvalue weighted by atomic mass is 32.2. The minimum atomic E-state index is -3.59. The van der Waals surface area contributed by atoms with E-state index in [1.165, 1.54) is 0 Å². The zero-order valence-electron chi connectivity index (χ0n) is 21.5. The molecule has 39 heavy (non-hydrogen) atoms. The molecular formula is C29H31N3O5S2. The first-order chi connectivity index (χ1) is 18.9. The Morgan fingerprint density at radius 1 is 0.974 bits per heavy atom. The van der Waals surface area contributed by atoms with Gasteiger partial charge < -0.3 is 19.1 Å². The van der Waals surface area contributed by atoms with Crippen LogP contribution in [0.2, 0.25) is 0 Å². The number of imidazole rings is 1. The Labute approximate surface area is 233 Å². The van der Waals surface area contributed by atoms with Gasteiger partial charge in [0.25, 0.3) is 0 Å². The number of rotatable bonds is 10. The molecule has 1 aliphatic rings. The van der Waals surface area contributed by atoms with E-state index in [2.05, 4.69) is 9.71 Å². The smallest absolute Gasteiger partial charge is 0.240 e. The Balaban J connectivity index is 1.29. The van der Waals surface area contributed by atoms with Gasteiger partial charge in [-0.25, -0.2) is 18.1 Å². The molecule has 204 valence electrons. The number of sulfonamides is 1. The summed E-state index contributed by atoms with van der Waals surface area (Å²) >= 11 is 1.64. The topological polar surface area (TPSA) is 103 Å². The summed E-state index contributed by atoms with van der Waals surface area (Å²) in [4.78, 5) is 4.64. The lowest BCUT2D eigenvalue weighted by Gasteiger charge is -2.36. The Morgan fingerprint density at radius 3 is 2.33 bits per heavy atom. The Hall–Kier alpha value is -2.99. The lowest BCUT2D eigenvalue weighted by Crippen LogP contribution is -2.31. The van der Waals surface area contributed by atoms with Crippen LogP contribution >= 0.6 is 11.8 Å². The van der Waals surface area contributed by atoms with Crippen molar-refractivity contribution >= 4 is 21.8 Å². The highest BCUT2D eigenvalue weighted by Gasteiger charge is 2.32. The summed E-state index contributed by atoms with van der Waals surface area (Å²) in [6.07, 6.45) is 3.55. The molecule has 0 radical (unpaired) electrons. The molecule has 3 aromatic carbocycles. The molecule has 0 aliphatic carbocycles. The molecule has 1 fully saturated rings. The number of hydrogen-bond acceptors (Lipinski definition) is 7. The second-order valence-corrected chi connectivity index (χ2v) is 12.1. The minimum absolute atomic E-state index is 0.00563. The molecule has 0 saturated carbocycles. The number of aliphatic hydroxyl groups excluding tert-OH is 1. The van der Waals surface area contributed by atoms with Gasteiger partial charge in [0, 0.05) is 43.7 Å². The van der Waals surface area contributed by atoms with Gasteiger partial charge >= 0.3 is 0 Å². The summed E-state index contributed by atoms with van der Waals surface area (Å²) in [5.41, 5.74) is 3.56. The number of aryl methyl sites for hydroxylation is 1. The predicted octanol–water partition coefficient (Wildman–Crippen LogP) is 4.73. The van der Waals surface area contributed by atoms with Gasteiger partial charge in [-0.1, -0.05) is 78.5 Å². The van der Waals surface area contributed by atoms with Gasteiger partial charge in [-0.05, 0) is 28.8 Å². The molecule has 2 heterocycles. The van der Waals surface area contributed by atoms with Crippen molar-refractivity contribution in [2.24, 2.45) is 7.05 Å². The number of aromatic nitrogens is 2. The van der Waals surface area contributed by atoms with Crippen LogP contribution in [-0.4, -0.2) is 34.9 Å². The Bertz CT molecular complexity index is 1460. The van der Waals surface area contributed by atoms with E-state index < -0.39 is 16.3 Å². The van der Waals surface area contributed by atoms with E-state index >= 15 is 0 Å². The molecule has 10 heteroatoms. The van der Waals surface area contributed by atoms with Crippen LogP contribution in [0.1, 0.15) is 41.1 Å². The lowest BCUT2D eigenvalue weighted by molar-refractivity contribution is -0.245. The van der Waals surface area contributed by atoms with Gasteiger partial charge in [-0.3, -0.25) is 0 Å². The highest BCUT2D eigenvalue weighted by Crippen LogP contribution is 2.39. The van der Waals surface area contributed by atoms with Gasteiger partial charge in [0.1, 0.15) is 0 Å². The molecule has 0 bridgehead atoms. The number of nitrogens with one attached hydrogen (secondary N) is 1. The average Bonchev–Trinajstić information content (AvgIpc) is 3.40. The maximum Gasteiger partial charge on any atom is 0.240 e. The van der Waals surface area contributed by atoms with Crippen molar-refractivity contribution in [2.45, 2.75) is 48.1 Å². The number of thioether (sulfide) groups is 1. The predicted molar refractivity (Wildman–Crippen MR) is 149 cm³/mol. The second-order valence-electron chi connectivity index (χ2n) is 9.36. The van der Waals surface area contributed by atoms with Crippen molar-refractivity contribution in [1.29, 1.82) is 0 Å².